The Balaban J connectivity index is 1.56. The summed E-state index contributed by atoms with van der Waals surface area (Å²) in [5.74, 6) is -0.157. The summed E-state index contributed by atoms with van der Waals surface area (Å²) in [5.41, 5.74) is 8.28. The standard InChI is InChI=1S/C29H35Cl2N3O4/c30-24-17-22(18-25(31)29(24)32)27(36)19-34(26(20-35)21-9-3-1-4-10-21)28(37)12-5-2-8-15-38-16-13-23-11-6-7-14-33-23/h1,3-4,6-7,9-11,14,17-18,26-27,35-36H,2,5,8,12-13,15-16,19-20,32H2. The van der Waals surface area contributed by atoms with Gasteiger partial charge in [-0.05, 0) is 48.2 Å². The Morgan fingerprint density at radius 1 is 0.974 bits per heavy atom. The summed E-state index contributed by atoms with van der Waals surface area (Å²) >= 11 is 12.3. The zero-order chi connectivity index (χ0) is 27.3. The number of aromatic nitrogens is 1. The second kappa shape index (κ2) is 15.7. The third-order valence-electron chi connectivity index (χ3n) is 6.32. The molecule has 1 amide bonds. The van der Waals surface area contributed by atoms with Gasteiger partial charge in [-0.1, -0.05) is 66.0 Å². The van der Waals surface area contributed by atoms with E-state index in [1.807, 2.05) is 48.5 Å². The maximum atomic E-state index is 13.4. The predicted molar refractivity (Wildman–Crippen MR) is 151 cm³/mol. The molecule has 0 aliphatic heterocycles. The number of pyridine rings is 1. The summed E-state index contributed by atoms with van der Waals surface area (Å²) in [5, 5.41) is 21.7. The number of unbranched alkanes of at least 4 members (excludes halogenated alkanes) is 2. The highest BCUT2D eigenvalue weighted by molar-refractivity contribution is 6.38. The van der Waals surface area contributed by atoms with Crippen LogP contribution in [0.4, 0.5) is 5.69 Å². The van der Waals surface area contributed by atoms with Crippen molar-refractivity contribution in [1.29, 1.82) is 0 Å². The lowest BCUT2D eigenvalue weighted by Crippen LogP contribution is -2.39. The van der Waals surface area contributed by atoms with E-state index in [0.29, 0.717) is 25.2 Å². The first-order chi connectivity index (χ1) is 18.4. The van der Waals surface area contributed by atoms with Crippen LogP contribution >= 0.6 is 23.2 Å². The lowest BCUT2D eigenvalue weighted by atomic mass is 10.0. The molecule has 9 heteroatoms. The number of aliphatic hydroxyl groups is 2. The fourth-order valence-electron chi connectivity index (χ4n) is 4.18. The van der Waals surface area contributed by atoms with E-state index in [1.54, 1.807) is 18.3 Å². The van der Waals surface area contributed by atoms with Crippen LogP contribution in [0.3, 0.4) is 0 Å². The maximum Gasteiger partial charge on any atom is 0.223 e. The Kier molecular flexibility index (Phi) is 12.3. The molecule has 1 aromatic heterocycles. The first-order valence-electron chi connectivity index (χ1n) is 12.8. The summed E-state index contributed by atoms with van der Waals surface area (Å²) in [6.07, 6.45) is 4.08. The van der Waals surface area contributed by atoms with E-state index < -0.39 is 12.1 Å². The van der Waals surface area contributed by atoms with Crippen LogP contribution in [0.5, 0.6) is 0 Å². The molecule has 0 spiro atoms. The van der Waals surface area contributed by atoms with Crippen molar-refractivity contribution in [1.82, 2.24) is 9.88 Å². The zero-order valence-electron chi connectivity index (χ0n) is 21.3. The number of benzene rings is 2. The number of nitrogens with two attached hydrogens (primary N) is 1. The van der Waals surface area contributed by atoms with Crippen LogP contribution in [0, 0.1) is 0 Å². The van der Waals surface area contributed by atoms with Gasteiger partial charge in [-0.3, -0.25) is 9.78 Å². The molecule has 0 saturated carbocycles. The van der Waals surface area contributed by atoms with E-state index in [2.05, 4.69) is 4.98 Å². The average molecular weight is 561 g/mol. The summed E-state index contributed by atoms with van der Waals surface area (Å²) < 4.78 is 5.70. The second-order valence-electron chi connectivity index (χ2n) is 9.06. The van der Waals surface area contributed by atoms with Crippen LogP contribution < -0.4 is 5.73 Å². The molecule has 4 N–H and O–H groups in total. The van der Waals surface area contributed by atoms with Crippen LogP contribution in [0.15, 0.2) is 66.9 Å². The van der Waals surface area contributed by atoms with Crippen LogP contribution in [0.2, 0.25) is 10.0 Å². The van der Waals surface area contributed by atoms with Crippen molar-refractivity contribution in [3.05, 3.63) is 93.7 Å². The van der Waals surface area contributed by atoms with Gasteiger partial charge in [-0.25, -0.2) is 0 Å². The molecular weight excluding hydrogens is 525 g/mol. The van der Waals surface area contributed by atoms with Crippen molar-refractivity contribution in [3.8, 4) is 0 Å². The Morgan fingerprint density at radius 3 is 2.34 bits per heavy atom. The molecule has 0 saturated heterocycles. The smallest absolute Gasteiger partial charge is 0.223 e. The Labute approximate surface area is 234 Å². The SMILES string of the molecule is Nc1c(Cl)cc(C(O)CN(C(=O)CCCCCOCCc2ccccn2)C(CO)c2ccccc2)cc1Cl. The molecule has 3 rings (SSSR count). The quantitative estimate of drug-likeness (QED) is 0.170. The van der Waals surface area contributed by atoms with Crippen LogP contribution in [0.25, 0.3) is 0 Å². The van der Waals surface area contributed by atoms with Gasteiger partial charge >= 0.3 is 0 Å². The molecule has 0 fully saturated rings. The number of hydrogen-bond acceptors (Lipinski definition) is 6. The molecule has 0 aliphatic rings. The first kappa shape index (κ1) is 29.9. The maximum absolute atomic E-state index is 13.4. The Morgan fingerprint density at radius 2 is 1.68 bits per heavy atom. The minimum Gasteiger partial charge on any atom is -0.396 e. The second-order valence-corrected chi connectivity index (χ2v) is 9.88. The number of carbonyl (C=O) groups excluding carboxylic acids is 1. The zero-order valence-corrected chi connectivity index (χ0v) is 22.8. The third-order valence-corrected chi connectivity index (χ3v) is 6.94. The molecule has 0 radical (unpaired) electrons. The molecule has 0 aliphatic carbocycles. The van der Waals surface area contributed by atoms with E-state index in [-0.39, 0.29) is 41.2 Å². The minimum absolute atomic E-state index is 0.0356. The number of hydrogen-bond donors (Lipinski definition) is 3. The predicted octanol–water partition coefficient (Wildman–Crippen LogP) is 5.39. The molecule has 2 unspecified atom stereocenters. The lowest BCUT2D eigenvalue weighted by Gasteiger charge is -2.33. The van der Waals surface area contributed by atoms with Gasteiger partial charge in [0.15, 0.2) is 0 Å². The monoisotopic (exact) mass is 559 g/mol. The van der Waals surface area contributed by atoms with E-state index in [1.165, 1.54) is 4.90 Å². The number of anilines is 1. The topological polar surface area (TPSA) is 109 Å². The highest BCUT2D eigenvalue weighted by Crippen LogP contribution is 2.32. The van der Waals surface area contributed by atoms with Gasteiger partial charge in [0.1, 0.15) is 0 Å². The summed E-state index contributed by atoms with van der Waals surface area (Å²) in [6.45, 7) is 0.906. The van der Waals surface area contributed by atoms with Crippen LogP contribution in [-0.4, -0.2) is 52.4 Å². The molecule has 38 heavy (non-hydrogen) atoms. The Hall–Kier alpha value is -2.68. The largest absolute Gasteiger partial charge is 0.396 e. The van der Waals surface area contributed by atoms with Gasteiger partial charge in [0, 0.05) is 31.3 Å². The van der Waals surface area contributed by atoms with E-state index in [0.717, 1.165) is 30.5 Å². The van der Waals surface area contributed by atoms with Gasteiger partial charge in [0.05, 0.1) is 47.6 Å². The fraction of sp³-hybridized carbons (Fsp3) is 0.379. The summed E-state index contributed by atoms with van der Waals surface area (Å²) in [7, 11) is 0. The first-order valence-corrected chi connectivity index (χ1v) is 13.5. The van der Waals surface area contributed by atoms with Crippen molar-refractivity contribution >= 4 is 34.8 Å². The summed E-state index contributed by atoms with van der Waals surface area (Å²) in [4.78, 5) is 19.2. The van der Waals surface area contributed by atoms with Gasteiger partial charge in [-0.2, -0.15) is 0 Å². The van der Waals surface area contributed by atoms with Crippen LogP contribution in [-0.2, 0) is 16.0 Å². The fourth-order valence-corrected chi connectivity index (χ4v) is 4.68. The van der Waals surface area contributed by atoms with Crippen molar-refractivity contribution in [2.24, 2.45) is 0 Å². The average Bonchev–Trinajstić information content (AvgIpc) is 2.93. The molecule has 2 aromatic carbocycles. The third kappa shape index (κ3) is 8.96. The molecule has 2 atom stereocenters. The normalized spacial score (nSPS) is 12.7. The molecule has 0 bridgehead atoms. The van der Waals surface area contributed by atoms with Crippen LogP contribution in [0.1, 0.15) is 54.6 Å². The van der Waals surface area contributed by atoms with Gasteiger partial charge in [0.2, 0.25) is 5.91 Å². The van der Waals surface area contributed by atoms with Crippen molar-refractivity contribution in [2.75, 3.05) is 32.1 Å². The molecule has 204 valence electrons. The Bertz CT molecular complexity index is 1110. The highest BCUT2D eigenvalue weighted by atomic mass is 35.5. The molecular formula is C29H35Cl2N3O4. The number of ether oxygens (including phenoxy) is 1. The molecule has 1 heterocycles. The van der Waals surface area contributed by atoms with Gasteiger partial charge in [0.25, 0.3) is 0 Å². The van der Waals surface area contributed by atoms with E-state index >= 15 is 0 Å². The van der Waals surface area contributed by atoms with E-state index in [4.69, 9.17) is 33.7 Å². The number of aliphatic hydroxyl groups excluding tert-OH is 2. The van der Waals surface area contributed by atoms with Crippen molar-refractivity contribution < 1.29 is 19.7 Å². The number of nitrogen functional groups attached to an aromatic ring is 1. The number of nitrogens with zero attached hydrogens (tertiary/aromatic N) is 2. The number of carbonyl (C=O) groups is 1. The number of amides is 1. The number of halogens is 2. The highest BCUT2D eigenvalue weighted by Gasteiger charge is 2.27. The van der Waals surface area contributed by atoms with Crippen molar-refractivity contribution in [2.45, 2.75) is 44.2 Å². The van der Waals surface area contributed by atoms with Crippen molar-refractivity contribution in [3.63, 3.8) is 0 Å². The minimum atomic E-state index is -1.07. The van der Waals surface area contributed by atoms with E-state index in [9.17, 15) is 15.0 Å². The number of rotatable bonds is 15. The lowest BCUT2D eigenvalue weighted by molar-refractivity contribution is -0.136. The molecule has 7 nitrogen and oxygen atoms in total. The van der Waals surface area contributed by atoms with Gasteiger partial charge in [-0.15, -0.1) is 0 Å². The van der Waals surface area contributed by atoms with Gasteiger partial charge < -0.3 is 25.6 Å². The molecule has 3 aromatic rings. The summed E-state index contributed by atoms with van der Waals surface area (Å²) in [6, 6.07) is 17.6.